The second kappa shape index (κ2) is 10.1. The molecule has 2 aliphatic rings. The van der Waals surface area contributed by atoms with Crippen LogP contribution >= 0.6 is 11.8 Å². The number of likely N-dealkylation sites (tertiary alicyclic amines) is 1. The zero-order valence-electron chi connectivity index (χ0n) is 16.5. The first-order chi connectivity index (χ1) is 12.6. The Labute approximate surface area is 162 Å². The van der Waals surface area contributed by atoms with E-state index in [1.165, 1.54) is 17.3 Å². The van der Waals surface area contributed by atoms with Crippen LogP contribution in [0.15, 0.2) is 30.3 Å². The van der Waals surface area contributed by atoms with Crippen LogP contribution in [-0.2, 0) is 16.0 Å². The first-order valence-corrected chi connectivity index (χ1v) is 11.1. The van der Waals surface area contributed by atoms with Crippen molar-refractivity contribution >= 4 is 22.8 Å². The molecule has 0 N–H and O–H groups in total. The van der Waals surface area contributed by atoms with Gasteiger partial charge < -0.3 is 4.90 Å². The number of carbonyl (C=O) groups is 2. The molecule has 1 aromatic carbocycles. The Kier molecular flexibility index (Phi) is 8.20. The number of hydrogen-bond acceptors (Lipinski definition) is 3. The molecule has 0 bridgehead atoms. The molecule has 1 aromatic rings. The minimum Gasteiger partial charge on any atom is -0.332 e. The summed E-state index contributed by atoms with van der Waals surface area (Å²) in [5.41, 5.74) is 1.54. The molecule has 1 aliphatic heterocycles. The van der Waals surface area contributed by atoms with Gasteiger partial charge in [-0.25, -0.2) is 0 Å². The van der Waals surface area contributed by atoms with Crippen LogP contribution in [0.1, 0.15) is 64.9 Å². The van der Waals surface area contributed by atoms with Gasteiger partial charge in [0.15, 0.2) is 0 Å². The Morgan fingerprint density at radius 3 is 2.54 bits per heavy atom. The molecule has 1 unspecified atom stereocenters. The topological polar surface area (TPSA) is 37.4 Å². The average Bonchev–Trinajstić information content (AvgIpc) is 3.18. The zero-order chi connectivity index (χ0) is 19.0. The van der Waals surface area contributed by atoms with Gasteiger partial charge in [-0.15, -0.1) is 0 Å². The molecule has 0 spiro atoms. The Bertz CT molecular complexity index is 583. The second-order valence-electron chi connectivity index (χ2n) is 7.49. The van der Waals surface area contributed by atoms with Crippen LogP contribution in [0.3, 0.4) is 0 Å². The minimum atomic E-state index is -0.179. The average molecular weight is 376 g/mol. The largest absolute Gasteiger partial charge is 0.332 e. The molecule has 1 atom stereocenters. The summed E-state index contributed by atoms with van der Waals surface area (Å²) in [6.07, 6.45) is 6.73. The van der Waals surface area contributed by atoms with Gasteiger partial charge in [0, 0.05) is 18.7 Å². The molecule has 3 nitrogen and oxygen atoms in total. The van der Waals surface area contributed by atoms with Crippen molar-refractivity contribution in [3.63, 3.8) is 0 Å². The second-order valence-corrected chi connectivity index (χ2v) is 8.59. The molecule has 144 valence electrons. The molecule has 1 saturated carbocycles. The quantitative estimate of drug-likeness (QED) is 0.623. The third-order valence-electron chi connectivity index (χ3n) is 5.22. The molecule has 1 aliphatic carbocycles. The lowest BCUT2D eigenvalue weighted by atomic mass is 10.0. The number of amides is 1. The molecule has 2 fully saturated rings. The van der Waals surface area contributed by atoms with Gasteiger partial charge in [0.1, 0.15) is 6.04 Å². The number of thioether (sulfide) groups is 1. The van der Waals surface area contributed by atoms with E-state index in [-0.39, 0.29) is 22.5 Å². The van der Waals surface area contributed by atoms with E-state index >= 15 is 0 Å². The highest BCUT2D eigenvalue weighted by molar-refractivity contribution is 8.13. The third-order valence-corrected chi connectivity index (χ3v) is 6.27. The molecule has 0 aromatic heterocycles. The van der Waals surface area contributed by atoms with E-state index in [0.29, 0.717) is 6.42 Å². The maximum absolute atomic E-state index is 12.5. The number of rotatable bonds is 7. The van der Waals surface area contributed by atoms with Gasteiger partial charge in [-0.1, -0.05) is 62.9 Å². The van der Waals surface area contributed by atoms with E-state index in [2.05, 4.69) is 31.2 Å². The van der Waals surface area contributed by atoms with Crippen LogP contribution in [0.5, 0.6) is 0 Å². The van der Waals surface area contributed by atoms with Crippen molar-refractivity contribution in [2.75, 3.05) is 12.3 Å². The standard InChI is InChI=1S/C20H27NO2S.C2H6/c1-20(11-12-20)15-18(22)21-13-5-10-17(21)19(23)24-14-6-9-16-7-3-2-4-8-16;1-2/h2-4,7-8,17H,5-6,9-15H2,1H3;1-2H3. The number of nitrogens with zero attached hydrogens (tertiary/aromatic N) is 1. The van der Waals surface area contributed by atoms with Crippen molar-refractivity contribution in [1.82, 2.24) is 4.90 Å². The minimum absolute atomic E-state index is 0.179. The van der Waals surface area contributed by atoms with E-state index in [9.17, 15) is 9.59 Å². The zero-order valence-corrected chi connectivity index (χ0v) is 17.3. The normalized spacial score (nSPS) is 20.3. The first-order valence-electron chi connectivity index (χ1n) is 10.1. The summed E-state index contributed by atoms with van der Waals surface area (Å²) >= 11 is 1.41. The summed E-state index contributed by atoms with van der Waals surface area (Å²) in [7, 11) is 0. The molecule has 1 amide bonds. The highest BCUT2D eigenvalue weighted by Crippen LogP contribution is 2.48. The third kappa shape index (κ3) is 6.15. The maximum Gasteiger partial charge on any atom is 0.223 e. The molecule has 0 radical (unpaired) electrons. The predicted octanol–water partition coefficient (Wildman–Crippen LogP) is 5.09. The number of carbonyl (C=O) groups excluding carboxylic acids is 2. The molecule has 4 heteroatoms. The van der Waals surface area contributed by atoms with E-state index in [4.69, 9.17) is 0 Å². The summed E-state index contributed by atoms with van der Waals surface area (Å²) < 4.78 is 0. The van der Waals surface area contributed by atoms with E-state index in [1.807, 2.05) is 24.8 Å². The fourth-order valence-electron chi connectivity index (χ4n) is 3.36. The molecule has 1 saturated heterocycles. The van der Waals surface area contributed by atoms with Crippen molar-refractivity contribution in [2.45, 2.75) is 71.8 Å². The molecule has 3 rings (SSSR count). The van der Waals surface area contributed by atoms with Gasteiger partial charge in [0.2, 0.25) is 11.0 Å². The Balaban J connectivity index is 0.00000117. The van der Waals surface area contributed by atoms with Gasteiger partial charge >= 0.3 is 0 Å². The summed E-state index contributed by atoms with van der Waals surface area (Å²) in [5, 5.41) is 0.190. The molecule has 26 heavy (non-hydrogen) atoms. The van der Waals surface area contributed by atoms with Crippen LogP contribution in [0.2, 0.25) is 0 Å². The van der Waals surface area contributed by atoms with Crippen LogP contribution in [0, 0.1) is 5.41 Å². The van der Waals surface area contributed by atoms with Crippen molar-refractivity contribution in [2.24, 2.45) is 5.41 Å². The molecule has 1 heterocycles. The smallest absolute Gasteiger partial charge is 0.223 e. The van der Waals surface area contributed by atoms with Crippen LogP contribution < -0.4 is 0 Å². The summed E-state index contributed by atoms with van der Waals surface area (Å²) in [6.45, 7) is 6.94. The number of benzene rings is 1. The Morgan fingerprint density at radius 1 is 1.19 bits per heavy atom. The van der Waals surface area contributed by atoms with Crippen LogP contribution in [0.25, 0.3) is 0 Å². The maximum atomic E-state index is 12.5. The highest BCUT2D eigenvalue weighted by Gasteiger charge is 2.42. The van der Waals surface area contributed by atoms with Gasteiger partial charge in [-0.2, -0.15) is 0 Å². The van der Waals surface area contributed by atoms with Gasteiger partial charge in [0.25, 0.3) is 0 Å². The lowest BCUT2D eigenvalue weighted by Crippen LogP contribution is -2.40. The molecular weight excluding hydrogens is 342 g/mol. The first kappa shape index (κ1) is 21.0. The van der Waals surface area contributed by atoms with E-state index < -0.39 is 0 Å². The molecular formula is C22H33NO2S. The van der Waals surface area contributed by atoms with E-state index in [0.717, 1.165) is 50.8 Å². The number of hydrogen-bond donors (Lipinski definition) is 0. The van der Waals surface area contributed by atoms with Crippen molar-refractivity contribution in [1.29, 1.82) is 0 Å². The highest BCUT2D eigenvalue weighted by atomic mass is 32.2. The van der Waals surface area contributed by atoms with E-state index in [1.54, 1.807) is 0 Å². The van der Waals surface area contributed by atoms with Crippen molar-refractivity contribution < 1.29 is 9.59 Å². The SMILES string of the molecule is CC.CC1(CC(=O)N2CCCC2C(=O)SCCCc2ccccc2)CC1. The van der Waals surface area contributed by atoms with Crippen molar-refractivity contribution in [3.8, 4) is 0 Å². The summed E-state index contributed by atoms with van der Waals surface area (Å²) in [4.78, 5) is 26.9. The lowest BCUT2D eigenvalue weighted by molar-refractivity contribution is -0.136. The van der Waals surface area contributed by atoms with Gasteiger partial charge in [-0.05, 0) is 49.5 Å². The Hall–Kier alpha value is -1.29. The van der Waals surface area contributed by atoms with Gasteiger partial charge in [0.05, 0.1) is 0 Å². The van der Waals surface area contributed by atoms with Crippen LogP contribution in [-0.4, -0.2) is 34.3 Å². The van der Waals surface area contributed by atoms with Gasteiger partial charge in [-0.3, -0.25) is 9.59 Å². The fraction of sp³-hybridized carbons (Fsp3) is 0.636. The monoisotopic (exact) mass is 375 g/mol. The summed E-state index contributed by atoms with van der Waals surface area (Å²) in [5.74, 6) is 1.03. The lowest BCUT2D eigenvalue weighted by Gasteiger charge is -2.24. The van der Waals surface area contributed by atoms with Crippen molar-refractivity contribution in [3.05, 3.63) is 35.9 Å². The predicted molar refractivity (Wildman–Crippen MR) is 110 cm³/mol. The Morgan fingerprint density at radius 2 is 1.88 bits per heavy atom. The summed E-state index contributed by atoms with van der Waals surface area (Å²) in [6, 6.07) is 10.2. The fourth-order valence-corrected chi connectivity index (χ4v) is 4.28. The number of aryl methyl sites for hydroxylation is 1. The van der Waals surface area contributed by atoms with Crippen LogP contribution in [0.4, 0.5) is 0 Å².